The summed E-state index contributed by atoms with van der Waals surface area (Å²) < 4.78 is 0. The quantitative estimate of drug-likeness (QED) is 0.779. The van der Waals surface area contributed by atoms with Crippen molar-refractivity contribution in [2.24, 2.45) is 11.8 Å². The molecule has 2 heteroatoms. The van der Waals surface area contributed by atoms with Crippen molar-refractivity contribution >= 4 is 0 Å². The van der Waals surface area contributed by atoms with Gasteiger partial charge in [0.15, 0.2) is 0 Å². The average Bonchev–Trinajstić information content (AvgIpc) is 2.50. The van der Waals surface area contributed by atoms with Gasteiger partial charge in [0.1, 0.15) is 0 Å². The Morgan fingerprint density at radius 3 is 2.52 bits per heavy atom. The van der Waals surface area contributed by atoms with Crippen LogP contribution in [0.4, 0.5) is 0 Å². The van der Waals surface area contributed by atoms with Crippen molar-refractivity contribution in [3.05, 3.63) is 0 Å². The zero-order chi connectivity index (χ0) is 15.3. The molecule has 2 aliphatic rings. The molecule has 2 nitrogen and oxygen atoms in total. The second-order valence-electron chi connectivity index (χ2n) is 8.22. The molecule has 21 heavy (non-hydrogen) atoms. The number of nitrogens with zero attached hydrogens (tertiary/aromatic N) is 1. The third-order valence-corrected chi connectivity index (χ3v) is 6.12. The van der Waals surface area contributed by atoms with Gasteiger partial charge in [-0.05, 0) is 57.4 Å². The van der Waals surface area contributed by atoms with Crippen molar-refractivity contribution in [3.8, 4) is 0 Å². The second kappa shape index (κ2) is 7.97. The lowest BCUT2D eigenvalue weighted by Gasteiger charge is -2.50. The van der Waals surface area contributed by atoms with Crippen molar-refractivity contribution in [1.82, 2.24) is 10.2 Å². The Morgan fingerprint density at radius 1 is 1.19 bits per heavy atom. The summed E-state index contributed by atoms with van der Waals surface area (Å²) in [6, 6.07) is 0.754. The highest BCUT2D eigenvalue weighted by atomic mass is 15.3. The maximum Gasteiger partial charge on any atom is 0.0303 e. The molecule has 0 aromatic carbocycles. The van der Waals surface area contributed by atoms with E-state index < -0.39 is 0 Å². The molecular weight excluding hydrogens is 256 g/mol. The van der Waals surface area contributed by atoms with Crippen molar-refractivity contribution in [2.45, 2.75) is 90.6 Å². The normalized spacial score (nSPS) is 32.7. The van der Waals surface area contributed by atoms with Gasteiger partial charge in [0, 0.05) is 24.7 Å². The highest BCUT2D eigenvalue weighted by molar-refractivity contribution is 4.97. The number of rotatable bonds is 6. The number of hydrogen-bond donors (Lipinski definition) is 1. The van der Waals surface area contributed by atoms with E-state index in [0.717, 1.165) is 17.9 Å². The van der Waals surface area contributed by atoms with E-state index in [1.165, 1.54) is 71.0 Å². The lowest BCUT2D eigenvalue weighted by atomic mass is 9.80. The molecule has 0 bridgehead atoms. The predicted octanol–water partition coefficient (Wildman–Crippen LogP) is 4.45. The summed E-state index contributed by atoms with van der Waals surface area (Å²) in [6.45, 7) is 13.3. The standard InChI is InChI=1S/C19H38N2/c1-5-19(4)15-20-18(17-11-7-6-8-12-17)14-21(19)13-9-10-16(2)3/h16-18,20H,5-15H2,1-4H3. The summed E-state index contributed by atoms with van der Waals surface area (Å²) in [5.74, 6) is 1.78. The molecule has 1 aliphatic heterocycles. The molecule has 1 N–H and O–H groups in total. The molecule has 2 fully saturated rings. The summed E-state index contributed by atoms with van der Waals surface area (Å²) in [6.07, 6.45) is 11.3. The van der Waals surface area contributed by atoms with Crippen LogP contribution in [0.15, 0.2) is 0 Å². The van der Waals surface area contributed by atoms with Crippen LogP contribution in [-0.2, 0) is 0 Å². The SMILES string of the molecule is CCC1(C)CNC(C2CCCCC2)CN1CCCC(C)C. The molecule has 1 aliphatic carbocycles. The van der Waals surface area contributed by atoms with Gasteiger partial charge in [0.2, 0.25) is 0 Å². The topological polar surface area (TPSA) is 15.3 Å². The Balaban J connectivity index is 1.91. The first-order valence-corrected chi connectivity index (χ1v) is 9.53. The van der Waals surface area contributed by atoms with E-state index in [4.69, 9.17) is 0 Å². The van der Waals surface area contributed by atoms with Gasteiger partial charge in [-0.3, -0.25) is 4.90 Å². The highest BCUT2D eigenvalue weighted by Crippen LogP contribution is 2.31. The number of nitrogens with one attached hydrogen (secondary N) is 1. The van der Waals surface area contributed by atoms with Gasteiger partial charge in [0.05, 0.1) is 0 Å². The van der Waals surface area contributed by atoms with Gasteiger partial charge in [-0.1, -0.05) is 40.0 Å². The van der Waals surface area contributed by atoms with E-state index in [-0.39, 0.29) is 0 Å². The van der Waals surface area contributed by atoms with Crippen LogP contribution in [0, 0.1) is 11.8 Å². The first kappa shape index (κ1) is 17.3. The Hall–Kier alpha value is -0.0800. The largest absolute Gasteiger partial charge is 0.311 e. The van der Waals surface area contributed by atoms with Gasteiger partial charge in [-0.15, -0.1) is 0 Å². The van der Waals surface area contributed by atoms with Crippen molar-refractivity contribution in [3.63, 3.8) is 0 Å². The first-order valence-electron chi connectivity index (χ1n) is 9.53. The van der Waals surface area contributed by atoms with Crippen LogP contribution < -0.4 is 5.32 Å². The van der Waals surface area contributed by atoms with E-state index in [0.29, 0.717) is 5.54 Å². The zero-order valence-corrected chi connectivity index (χ0v) is 15.0. The van der Waals surface area contributed by atoms with E-state index in [9.17, 15) is 0 Å². The van der Waals surface area contributed by atoms with Gasteiger partial charge < -0.3 is 5.32 Å². The average molecular weight is 295 g/mol. The molecule has 0 aromatic rings. The van der Waals surface area contributed by atoms with Crippen LogP contribution in [0.5, 0.6) is 0 Å². The summed E-state index contributed by atoms with van der Waals surface area (Å²) >= 11 is 0. The fraction of sp³-hybridized carbons (Fsp3) is 1.00. The molecule has 1 heterocycles. The molecule has 1 saturated heterocycles. The van der Waals surface area contributed by atoms with Crippen LogP contribution in [-0.4, -0.2) is 36.1 Å². The lowest BCUT2D eigenvalue weighted by molar-refractivity contribution is 0.0277. The number of hydrogen-bond acceptors (Lipinski definition) is 2. The highest BCUT2D eigenvalue weighted by Gasteiger charge is 2.38. The van der Waals surface area contributed by atoms with E-state index in [1.54, 1.807) is 0 Å². The zero-order valence-electron chi connectivity index (χ0n) is 15.0. The fourth-order valence-electron chi connectivity index (χ4n) is 4.24. The van der Waals surface area contributed by atoms with Crippen LogP contribution in [0.3, 0.4) is 0 Å². The van der Waals surface area contributed by atoms with Crippen molar-refractivity contribution < 1.29 is 0 Å². The van der Waals surface area contributed by atoms with Crippen LogP contribution in [0.2, 0.25) is 0 Å². The molecule has 124 valence electrons. The smallest absolute Gasteiger partial charge is 0.0303 e. The number of piperazine rings is 1. The van der Waals surface area contributed by atoms with Crippen molar-refractivity contribution in [2.75, 3.05) is 19.6 Å². The third-order valence-electron chi connectivity index (χ3n) is 6.12. The van der Waals surface area contributed by atoms with Gasteiger partial charge in [-0.25, -0.2) is 0 Å². The Bertz CT molecular complexity index is 296. The minimum absolute atomic E-state index is 0.377. The fourth-order valence-corrected chi connectivity index (χ4v) is 4.24. The molecule has 2 atom stereocenters. The maximum absolute atomic E-state index is 3.92. The third kappa shape index (κ3) is 4.69. The van der Waals surface area contributed by atoms with Gasteiger partial charge in [0.25, 0.3) is 0 Å². The molecule has 0 radical (unpaired) electrons. The Kier molecular flexibility index (Phi) is 6.55. The molecule has 0 spiro atoms. The summed E-state index contributed by atoms with van der Waals surface area (Å²) in [7, 11) is 0. The summed E-state index contributed by atoms with van der Waals surface area (Å²) in [5.41, 5.74) is 0.377. The van der Waals surface area contributed by atoms with Crippen LogP contribution >= 0.6 is 0 Å². The minimum Gasteiger partial charge on any atom is -0.311 e. The lowest BCUT2D eigenvalue weighted by Crippen LogP contribution is -2.64. The van der Waals surface area contributed by atoms with Crippen LogP contribution in [0.25, 0.3) is 0 Å². The first-order chi connectivity index (χ1) is 10.0. The maximum atomic E-state index is 3.92. The molecule has 2 rings (SSSR count). The molecule has 0 aromatic heterocycles. The van der Waals surface area contributed by atoms with E-state index >= 15 is 0 Å². The molecule has 1 saturated carbocycles. The predicted molar refractivity (Wildman–Crippen MR) is 92.7 cm³/mol. The summed E-state index contributed by atoms with van der Waals surface area (Å²) in [5, 5.41) is 3.92. The van der Waals surface area contributed by atoms with E-state index in [2.05, 4.69) is 37.9 Å². The monoisotopic (exact) mass is 294 g/mol. The Labute approximate surface area is 133 Å². The van der Waals surface area contributed by atoms with Gasteiger partial charge in [-0.2, -0.15) is 0 Å². The summed E-state index contributed by atoms with van der Waals surface area (Å²) in [4.78, 5) is 2.82. The molecule has 2 unspecified atom stereocenters. The second-order valence-corrected chi connectivity index (χ2v) is 8.22. The van der Waals surface area contributed by atoms with Crippen molar-refractivity contribution in [1.29, 1.82) is 0 Å². The van der Waals surface area contributed by atoms with Crippen LogP contribution in [0.1, 0.15) is 79.1 Å². The molecule has 0 amide bonds. The van der Waals surface area contributed by atoms with Gasteiger partial charge >= 0.3 is 0 Å². The van der Waals surface area contributed by atoms with E-state index in [1.807, 2.05) is 0 Å². The minimum atomic E-state index is 0.377. The Morgan fingerprint density at radius 2 is 1.90 bits per heavy atom. The molecular formula is C19H38N2.